The number of benzene rings is 2. The van der Waals surface area contributed by atoms with Crippen molar-refractivity contribution < 1.29 is 14.3 Å². The fourth-order valence-electron chi connectivity index (χ4n) is 3.54. The summed E-state index contributed by atoms with van der Waals surface area (Å²) in [6, 6.07) is 17.8. The van der Waals surface area contributed by atoms with E-state index >= 15 is 0 Å². The van der Waals surface area contributed by atoms with Gasteiger partial charge in [0.1, 0.15) is 11.4 Å². The predicted molar refractivity (Wildman–Crippen MR) is 115 cm³/mol. The van der Waals surface area contributed by atoms with Gasteiger partial charge in [0.15, 0.2) is 0 Å². The van der Waals surface area contributed by atoms with E-state index in [1.165, 1.54) is 0 Å². The van der Waals surface area contributed by atoms with Gasteiger partial charge in [-0.15, -0.1) is 0 Å². The minimum Gasteiger partial charge on any atom is -0.496 e. The summed E-state index contributed by atoms with van der Waals surface area (Å²) in [7, 11) is 1.68. The van der Waals surface area contributed by atoms with Crippen LogP contribution in [0.15, 0.2) is 66.7 Å². The first-order valence-electron chi connectivity index (χ1n) is 9.95. The van der Waals surface area contributed by atoms with Gasteiger partial charge in [-0.1, -0.05) is 60.7 Å². The monoisotopic (exact) mass is 394 g/mol. The zero-order valence-corrected chi connectivity index (χ0v) is 17.6. The first-order valence-corrected chi connectivity index (χ1v) is 9.95. The molecule has 5 nitrogen and oxygen atoms in total. The molecular formula is C24H30N2O3. The number of methoxy groups -OCH3 is 1. The zero-order chi connectivity index (χ0) is 20.9. The van der Waals surface area contributed by atoms with Crippen molar-refractivity contribution >= 4 is 6.09 Å². The van der Waals surface area contributed by atoms with E-state index < -0.39 is 5.60 Å². The summed E-state index contributed by atoms with van der Waals surface area (Å²) in [6.07, 6.45) is 3.84. The molecule has 0 fully saturated rings. The highest BCUT2D eigenvalue weighted by atomic mass is 16.6. The van der Waals surface area contributed by atoms with E-state index in [2.05, 4.69) is 23.5 Å². The first-order chi connectivity index (χ1) is 13.9. The average molecular weight is 395 g/mol. The van der Waals surface area contributed by atoms with E-state index in [0.29, 0.717) is 13.1 Å². The molecular weight excluding hydrogens is 364 g/mol. The van der Waals surface area contributed by atoms with Crippen LogP contribution >= 0.6 is 0 Å². The van der Waals surface area contributed by atoms with Crippen LogP contribution in [0.3, 0.4) is 0 Å². The van der Waals surface area contributed by atoms with Crippen molar-refractivity contribution in [3.63, 3.8) is 0 Å². The third-order valence-corrected chi connectivity index (χ3v) is 4.81. The van der Waals surface area contributed by atoms with Crippen LogP contribution in [0, 0.1) is 0 Å². The van der Waals surface area contributed by atoms with Gasteiger partial charge in [-0.25, -0.2) is 4.79 Å². The van der Waals surface area contributed by atoms with Crippen molar-refractivity contribution in [3.8, 4) is 5.75 Å². The van der Waals surface area contributed by atoms with Gasteiger partial charge in [0, 0.05) is 18.7 Å². The van der Waals surface area contributed by atoms with E-state index in [0.717, 1.165) is 16.9 Å². The van der Waals surface area contributed by atoms with Crippen LogP contribution in [0.2, 0.25) is 0 Å². The number of hydrogen-bond donors (Lipinski definition) is 1. The van der Waals surface area contributed by atoms with Gasteiger partial charge in [-0.2, -0.15) is 0 Å². The number of carbonyl (C=O) groups is 1. The number of carbonyl (C=O) groups excluding carboxylic acids is 1. The van der Waals surface area contributed by atoms with Gasteiger partial charge < -0.3 is 14.8 Å². The highest BCUT2D eigenvalue weighted by molar-refractivity contribution is 5.69. The molecule has 0 aliphatic carbocycles. The lowest BCUT2D eigenvalue weighted by Crippen LogP contribution is -2.49. The molecule has 1 N–H and O–H groups in total. The summed E-state index contributed by atoms with van der Waals surface area (Å²) < 4.78 is 11.2. The van der Waals surface area contributed by atoms with Gasteiger partial charge >= 0.3 is 6.09 Å². The molecule has 29 heavy (non-hydrogen) atoms. The summed E-state index contributed by atoms with van der Waals surface area (Å²) in [5.41, 5.74) is 1.60. The van der Waals surface area contributed by atoms with E-state index in [-0.39, 0.29) is 18.2 Å². The van der Waals surface area contributed by atoms with Crippen LogP contribution in [-0.2, 0) is 11.3 Å². The fourth-order valence-corrected chi connectivity index (χ4v) is 3.54. The Morgan fingerprint density at radius 2 is 1.79 bits per heavy atom. The third-order valence-electron chi connectivity index (χ3n) is 4.81. The van der Waals surface area contributed by atoms with Crippen molar-refractivity contribution in [1.29, 1.82) is 0 Å². The maximum atomic E-state index is 12.9. The standard InChI is InChI=1S/C24H30N2O3/c1-24(2,3)29-23(27)26-16-10-14-20(22(26)18-11-6-5-7-12-18)25-17-19-13-8-9-15-21(19)28-4/h5-15,20,22,25H,16-17H2,1-4H3/t20-,22+/m1/s1. The second-order valence-electron chi connectivity index (χ2n) is 8.13. The maximum Gasteiger partial charge on any atom is 0.411 e. The predicted octanol–water partition coefficient (Wildman–Crippen LogP) is 4.70. The summed E-state index contributed by atoms with van der Waals surface area (Å²) in [4.78, 5) is 14.7. The molecule has 0 aromatic heterocycles. The second-order valence-corrected chi connectivity index (χ2v) is 8.13. The van der Waals surface area contributed by atoms with E-state index in [9.17, 15) is 4.79 Å². The summed E-state index contributed by atoms with van der Waals surface area (Å²) in [5, 5.41) is 3.59. The number of ether oxygens (including phenoxy) is 2. The van der Waals surface area contributed by atoms with Crippen LogP contribution in [-0.4, -0.2) is 36.3 Å². The molecule has 1 aliphatic heterocycles. The maximum absolute atomic E-state index is 12.9. The van der Waals surface area contributed by atoms with E-state index in [4.69, 9.17) is 9.47 Å². The molecule has 0 saturated carbocycles. The molecule has 1 aliphatic rings. The molecule has 1 amide bonds. The number of para-hydroxylation sites is 1. The smallest absolute Gasteiger partial charge is 0.411 e. The van der Waals surface area contributed by atoms with Crippen molar-refractivity contribution in [1.82, 2.24) is 10.2 Å². The van der Waals surface area contributed by atoms with Crippen LogP contribution in [0.1, 0.15) is 37.9 Å². The lowest BCUT2D eigenvalue weighted by molar-refractivity contribution is 0.0146. The molecule has 0 unspecified atom stereocenters. The zero-order valence-electron chi connectivity index (χ0n) is 17.6. The van der Waals surface area contributed by atoms with Crippen LogP contribution in [0.5, 0.6) is 5.75 Å². The quantitative estimate of drug-likeness (QED) is 0.747. The van der Waals surface area contributed by atoms with Crippen LogP contribution in [0.25, 0.3) is 0 Å². The van der Waals surface area contributed by atoms with Crippen molar-refractivity contribution in [2.45, 2.75) is 45.0 Å². The number of nitrogens with zero attached hydrogens (tertiary/aromatic N) is 1. The Hall–Kier alpha value is -2.79. The number of amides is 1. The Balaban J connectivity index is 1.85. The minimum absolute atomic E-state index is 0.0522. The van der Waals surface area contributed by atoms with E-state index in [1.807, 2.05) is 69.3 Å². The Morgan fingerprint density at radius 3 is 2.48 bits per heavy atom. The van der Waals surface area contributed by atoms with Crippen LogP contribution in [0.4, 0.5) is 4.79 Å². The van der Waals surface area contributed by atoms with Gasteiger partial charge in [-0.3, -0.25) is 4.90 Å². The Bertz CT molecular complexity index is 843. The molecule has 1 heterocycles. The highest BCUT2D eigenvalue weighted by Crippen LogP contribution is 2.30. The van der Waals surface area contributed by atoms with Crippen molar-refractivity contribution in [2.24, 2.45) is 0 Å². The summed E-state index contributed by atoms with van der Waals surface area (Å²) in [6.45, 7) is 6.81. The lowest BCUT2D eigenvalue weighted by Gasteiger charge is -2.39. The molecule has 2 atom stereocenters. The van der Waals surface area contributed by atoms with Gasteiger partial charge in [0.05, 0.1) is 19.2 Å². The average Bonchev–Trinajstić information content (AvgIpc) is 2.71. The topological polar surface area (TPSA) is 50.8 Å². The molecule has 2 aromatic rings. The highest BCUT2D eigenvalue weighted by Gasteiger charge is 2.35. The molecule has 154 valence electrons. The molecule has 2 aromatic carbocycles. The van der Waals surface area contributed by atoms with Gasteiger partial charge in [0.25, 0.3) is 0 Å². The summed E-state index contributed by atoms with van der Waals surface area (Å²) in [5.74, 6) is 0.847. The first kappa shape index (κ1) is 20.9. The molecule has 0 radical (unpaired) electrons. The SMILES string of the molecule is COc1ccccc1CN[C@@H]1C=CCN(C(=O)OC(C)(C)C)[C@H]1c1ccccc1. The lowest BCUT2D eigenvalue weighted by atomic mass is 9.94. The van der Waals surface area contributed by atoms with Gasteiger partial charge in [0.2, 0.25) is 0 Å². The molecule has 5 heteroatoms. The van der Waals surface area contributed by atoms with Crippen molar-refractivity contribution in [3.05, 3.63) is 77.9 Å². The van der Waals surface area contributed by atoms with E-state index in [1.54, 1.807) is 12.0 Å². The molecule has 0 bridgehead atoms. The fraction of sp³-hybridized carbons (Fsp3) is 0.375. The normalized spacial score (nSPS) is 19.1. The van der Waals surface area contributed by atoms with Gasteiger partial charge in [-0.05, 0) is 32.4 Å². The number of hydrogen-bond acceptors (Lipinski definition) is 4. The second kappa shape index (κ2) is 9.14. The summed E-state index contributed by atoms with van der Waals surface area (Å²) >= 11 is 0. The number of rotatable bonds is 5. The molecule has 0 saturated heterocycles. The Labute approximate surface area is 173 Å². The van der Waals surface area contributed by atoms with Crippen molar-refractivity contribution in [2.75, 3.05) is 13.7 Å². The third kappa shape index (κ3) is 5.39. The molecule has 3 rings (SSSR count). The molecule has 0 spiro atoms. The Kier molecular flexibility index (Phi) is 6.60. The van der Waals surface area contributed by atoms with Crippen LogP contribution < -0.4 is 10.1 Å². The Morgan fingerprint density at radius 1 is 1.10 bits per heavy atom. The minimum atomic E-state index is -0.542. The largest absolute Gasteiger partial charge is 0.496 e. The number of nitrogens with one attached hydrogen (secondary N) is 1.